The van der Waals surface area contributed by atoms with E-state index in [0.717, 1.165) is 45.3 Å². The first-order chi connectivity index (χ1) is 10.1. The third-order valence-electron chi connectivity index (χ3n) is 6.12. The molecule has 1 unspecified atom stereocenters. The molecule has 0 bridgehead atoms. The Hall–Kier alpha value is -0.610. The second-order valence-corrected chi connectivity index (χ2v) is 7.69. The molecule has 3 aliphatic rings. The van der Waals surface area contributed by atoms with Crippen molar-refractivity contribution in [2.45, 2.75) is 57.9 Å². The van der Waals surface area contributed by atoms with Crippen molar-refractivity contribution < 1.29 is 9.90 Å². The number of rotatable bonds is 4. The van der Waals surface area contributed by atoms with Crippen LogP contribution in [0.15, 0.2) is 0 Å². The summed E-state index contributed by atoms with van der Waals surface area (Å²) in [6.45, 7) is 7.71. The highest BCUT2D eigenvalue weighted by atomic mass is 16.4. The Morgan fingerprint density at radius 1 is 1.14 bits per heavy atom. The Labute approximate surface area is 128 Å². The molecule has 0 aromatic rings. The Morgan fingerprint density at radius 2 is 1.81 bits per heavy atom. The average molecular weight is 294 g/mol. The van der Waals surface area contributed by atoms with Crippen molar-refractivity contribution >= 4 is 5.97 Å². The molecule has 0 aromatic carbocycles. The summed E-state index contributed by atoms with van der Waals surface area (Å²) in [7, 11) is 0. The van der Waals surface area contributed by atoms with Crippen LogP contribution in [0.25, 0.3) is 0 Å². The first kappa shape index (κ1) is 15.3. The normalized spacial score (nSPS) is 38.9. The fourth-order valence-corrected chi connectivity index (χ4v) is 4.54. The molecule has 4 heteroatoms. The first-order valence-corrected chi connectivity index (χ1v) is 8.79. The highest BCUT2D eigenvalue weighted by molar-refractivity contribution is 5.75. The predicted molar refractivity (Wildman–Crippen MR) is 83.4 cm³/mol. The van der Waals surface area contributed by atoms with Crippen LogP contribution in [-0.4, -0.2) is 59.6 Å². The third-order valence-corrected chi connectivity index (χ3v) is 6.12. The predicted octanol–water partition coefficient (Wildman–Crippen LogP) is 2.44. The second kappa shape index (κ2) is 6.25. The van der Waals surface area contributed by atoms with Gasteiger partial charge in [0.25, 0.3) is 0 Å². The van der Waals surface area contributed by atoms with Crippen LogP contribution in [0.4, 0.5) is 0 Å². The zero-order valence-electron chi connectivity index (χ0n) is 13.4. The van der Waals surface area contributed by atoms with Gasteiger partial charge in [-0.1, -0.05) is 6.92 Å². The van der Waals surface area contributed by atoms with E-state index < -0.39 is 11.4 Å². The number of carboxylic acid groups (broad SMARTS) is 1. The zero-order chi connectivity index (χ0) is 14.9. The molecule has 1 N–H and O–H groups in total. The molecule has 120 valence electrons. The van der Waals surface area contributed by atoms with E-state index in [0.29, 0.717) is 12.0 Å². The standard InChI is InChI=1S/C17H30N2O2/c1-14-4-7-17(8-5-14,16(20)21)13-18-11-6-15(12-18)19-9-2-3-10-19/h14-15H,2-13H2,1H3,(H,20,21). The number of carbonyl (C=O) groups is 1. The summed E-state index contributed by atoms with van der Waals surface area (Å²) < 4.78 is 0. The molecule has 4 nitrogen and oxygen atoms in total. The SMILES string of the molecule is CC1CCC(CN2CCC(N3CCCC3)C2)(C(=O)O)CC1. The molecule has 1 saturated carbocycles. The first-order valence-electron chi connectivity index (χ1n) is 8.79. The molecule has 0 aromatic heterocycles. The Bertz CT molecular complexity index is 371. The minimum Gasteiger partial charge on any atom is -0.481 e. The van der Waals surface area contributed by atoms with E-state index in [2.05, 4.69) is 16.7 Å². The number of hydrogen-bond acceptors (Lipinski definition) is 3. The molecule has 1 aliphatic carbocycles. The summed E-state index contributed by atoms with van der Waals surface area (Å²) in [6, 6.07) is 0.681. The molecule has 2 saturated heterocycles. The molecule has 1 atom stereocenters. The lowest BCUT2D eigenvalue weighted by Gasteiger charge is -2.38. The van der Waals surface area contributed by atoms with Crippen molar-refractivity contribution in [3.8, 4) is 0 Å². The van der Waals surface area contributed by atoms with Crippen LogP contribution in [0.1, 0.15) is 51.9 Å². The maximum atomic E-state index is 11.9. The molecule has 0 spiro atoms. The van der Waals surface area contributed by atoms with Gasteiger partial charge < -0.3 is 10.0 Å². The van der Waals surface area contributed by atoms with Crippen LogP contribution in [0.5, 0.6) is 0 Å². The van der Waals surface area contributed by atoms with E-state index in [9.17, 15) is 9.90 Å². The molecule has 0 radical (unpaired) electrons. The summed E-state index contributed by atoms with van der Waals surface area (Å²) in [5.74, 6) is 0.146. The summed E-state index contributed by atoms with van der Waals surface area (Å²) in [4.78, 5) is 16.9. The summed E-state index contributed by atoms with van der Waals surface area (Å²) in [5, 5.41) is 9.78. The molecule has 21 heavy (non-hydrogen) atoms. The monoisotopic (exact) mass is 294 g/mol. The highest BCUT2D eigenvalue weighted by Crippen LogP contribution is 2.40. The average Bonchev–Trinajstić information content (AvgIpc) is 3.12. The number of nitrogens with zero attached hydrogens (tertiary/aromatic N) is 2. The van der Waals surface area contributed by atoms with Crippen LogP contribution in [-0.2, 0) is 4.79 Å². The Kier molecular flexibility index (Phi) is 4.55. The number of carboxylic acids is 1. The van der Waals surface area contributed by atoms with E-state index in [1.165, 1.54) is 32.4 Å². The van der Waals surface area contributed by atoms with Gasteiger partial charge in [-0.05, 0) is 70.5 Å². The molecule has 2 heterocycles. The van der Waals surface area contributed by atoms with Crippen LogP contribution >= 0.6 is 0 Å². The van der Waals surface area contributed by atoms with Gasteiger partial charge in [0.15, 0.2) is 0 Å². The minimum absolute atomic E-state index is 0.466. The maximum Gasteiger partial charge on any atom is 0.310 e. The smallest absolute Gasteiger partial charge is 0.310 e. The van der Waals surface area contributed by atoms with Crippen molar-refractivity contribution in [2.75, 3.05) is 32.7 Å². The van der Waals surface area contributed by atoms with Gasteiger partial charge in [-0.3, -0.25) is 9.69 Å². The van der Waals surface area contributed by atoms with Gasteiger partial charge in [0.1, 0.15) is 0 Å². The summed E-state index contributed by atoms with van der Waals surface area (Å²) in [6.07, 6.45) is 7.81. The number of likely N-dealkylation sites (tertiary alicyclic amines) is 2. The van der Waals surface area contributed by atoms with Crippen molar-refractivity contribution in [2.24, 2.45) is 11.3 Å². The minimum atomic E-state index is -0.556. The lowest BCUT2D eigenvalue weighted by Crippen LogP contribution is -2.45. The van der Waals surface area contributed by atoms with Gasteiger partial charge in [0.05, 0.1) is 5.41 Å². The summed E-state index contributed by atoms with van der Waals surface area (Å²) >= 11 is 0. The largest absolute Gasteiger partial charge is 0.481 e. The quantitative estimate of drug-likeness (QED) is 0.865. The molecular weight excluding hydrogens is 264 g/mol. The Balaban J connectivity index is 1.58. The zero-order valence-corrected chi connectivity index (χ0v) is 13.4. The van der Waals surface area contributed by atoms with Gasteiger partial charge >= 0.3 is 5.97 Å². The van der Waals surface area contributed by atoms with Crippen molar-refractivity contribution in [1.82, 2.24) is 9.80 Å². The maximum absolute atomic E-state index is 11.9. The highest BCUT2D eigenvalue weighted by Gasteiger charge is 2.43. The lowest BCUT2D eigenvalue weighted by molar-refractivity contribution is -0.153. The van der Waals surface area contributed by atoms with Gasteiger partial charge in [0.2, 0.25) is 0 Å². The van der Waals surface area contributed by atoms with E-state index in [1.54, 1.807) is 0 Å². The topological polar surface area (TPSA) is 43.8 Å². The molecule has 2 aliphatic heterocycles. The van der Waals surface area contributed by atoms with E-state index >= 15 is 0 Å². The van der Waals surface area contributed by atoms with Gasteiger partial charge in [-0.15, -0.1) is 0 Å². The van der Waals surface area contributed by atoms with Crippen molar-refractivity contribution in [1.29, 1.82) is 0 Å². The molecule has 3 rings (SSSR count). The third kappa shape index (κ3) is 3.26. The van der Waals surface area contributed by atoms with Crippen molar-refractivity contribution in [3.63, 3.8) is 0 Å². The van der Waals surface area contributed by atoms with E-state index in [1.807, 2.05) is 0 Å². The van der Waals surface area contributed by atoms with Crippen LogP contribution in [0, 0.1) is 11.3 Å². The lowest BCUT2D eigenvalue weighted by atomic mass is 9.70. The van der Waals surface area contributed by atoms with Gasteiger partial charge in [-0.2, -0.15) is 0 Å². The van der Waals surface area contributed by atoms with Crippen LogP contribution < -0.4 is 0 Å². The number of aliphatic carboxylic acids is 1. The molecular formula is C17H30N2O2. The van der Waals surface area contributed by atoms with E-state index in [4.69, 9.17) is 0 Å². The fourth-order valence-electron chi connectivity index (χ4n) is 4.54. The van der Waals surface area contributed by atoms with Crippen LogP contribution in [0.3, 0.4) is 0 Å². The van der Waals surface area contributed by atoms with Gasteiger partial charge in [0, 0.05) is 19.1 Å². The summed E-state index contributed by atoms with van der Waals surface area (Å²) in [5.41, 5.74) is -0.466. The van der Waals surface area contributed by atoms with Gasteiger partial charge in [-0.25, -0.2) is 0 Å². The number of hydrogen-bond donors (Lipinski definition) is 1. The molecule has 0 amide bonds. The fraction of sp³-hybridized carbons (Fsp3) is 0.941. The molecule has 3 fully saturated rings. The second-order valence-electron chi connectivity index (χ2n) is 7.69. The van der Waals surface area contributed by atoms with Crippen LogP contribution in [0.2, 0.25) is 0 Å². The van der Waals surface area contributed by atoms with E-state index in [-0.39, 0.29) is 0 Å². The van der Waals surface area contributed by atoms with Crippen molar-refractivity contribution in [3.05, 3.63) is 0 Å². The Morgan fingerprint density at radius 3 is 2.43 bits per heavy atom.